The number of hydrogen-bond acceptors (Lipinski definition) is 4. The molecule has 0 unspecified atom stereocenters. The van der Waals surface area contributed by atoms with E-state index in [1.807, 2.05) is 0 Å². The lowest BCUT2D eigenvalue weighted by Crippen LogP contribution is -2.62. The third-order valence-corrected chi connectivity index (χ3v) is 12.6. The maximum Gasteiger partial charge on any atom is 0.252 e. The lowest BCUT2D eigenvalue weighted by molar-refractivity contribution is 1.12. The van der Waals surface area contributed by atoms with E-state index in [0.717, 1.165) is 34.1 Å². The summed E-state index contributed by atoms with van der Waals surface area (Å²) in [5.74, 6) is 0. The molecule has 4 nitrogen and oxygen atoms in total. The molecule has 0 radical (unpaired) electrons. The first-order valence-electron chi connectivity index (χ1n) is 20.4. The summed E-state index contributed by atoms with van der Waals surface area (Å²) >= 11 is 0. The van der Waals surface area contributed by atoms with Crippen LogP contribution in [0.4, 0.5) is 68.2 Å². The molecule has 5 heteroatoms. The zero-order valence-electron chi connectivity index (χ0n) is 32.1. The standard InChI is InChI=1S/C54H35BN4/c1-4-19-36(20-5-1)39-25-18-26-40(37-21-6-2-7-22-37)52(39)59-48-34-17-16-33-47(48)58-46-32-15-14-31-45(46)57-44-30-13-11-28-42(44)55-41-27-10-12-29-43(41)56(38-23-8-3-9-24-38)49-35-50(59)53(58)54(57)51(49)55/h1-35H. The second-order valence-electron chi connectivity index (χ2n) is 15.7. The Kier molecular flexibility index (Phi) is 6.78. The molecule has 4 heterocycles. The van der Waals surface area contributed by atoms with Gasteiger partial charge < -0.3 is 19.6 Å². The van der Waals surface area contributed by atoms with Gasteiger partial charge in [-0.2, -0.15) is 0 Å². The molecular formula is C54H35BN4. The molecule has 9 aromatic rings. The molecule has 13 rings (SSSR count). The van der Waals surface area contributed by atoms with Crippen LogP contribution >= 0.6 is 0 Å². The average Bonchev–Trinajstić information content (AvgIpc) is 3.31. The summed E-state index contributed by atoms with van der Waals surface area (Å²) in [6.45, 7) is 0.0307. The van der Waals surface area contributed by atoms with Crippen LogP contribution in [0.1, 0.15) is 0 Å². The predicted molar refractivity (Wildman–Crippen MR) is 248 cm³/mol. The topological polar surface area (TPSA) is 13.0 Å². The minimum Gasteiger partial charge on any atom is -0.311 e. The van der Waals surface area contributed by atoms with Crippen molar-refractivity contribution < 1.29 is 0 Å². The highest BCUT2D eigenvalue weighted by Crippen LogP contribution is 2.66. The van der Waals surface area contributed by atoms with Crippen LogP contribution in [0.3, 0.4) is 0 Å². The summed E-state index contributed by atoms with van der Waals surface area (Å²) in [4.78, 5) is 10.2. The number of nitrogens with zero attached hydrogens (tertiary/aromatic N) is 4. The van der Waals surface area contributed by atoms with Crippen molar-refractivity contribution in [3.05, 3.63) is 212 Å². The van der Waals surface area contributed by atoms with Crippen molar-refractivity contribution in [2.75, 3.05) is 19.6 Å². The molecule has 4 aliphatic rings. The van der Waals surface area contributed by atoms with Crippen LogP contribution in [-0.2, 0) is 0 Å². The predicted octanol–water partition coefficient (Wildman–Crippen LogP) is 12.7. The molecule has 0 N–H and O–H groups in total. The lowest BCUT2D eigenvalue weighted by Gasteiger charge is -2.52. The van der Waals surface area contributed by atoms with Gasteiger partial charge in [0.1, 0.15) is 0 Å². The highest BCUT2D eigenvalue weighted by atomic mass is 15.3. The van der Waals surface area contributed by atoms with E-state index in [4.69, 9.17) is 0 Å². The summed E-state index contributed by atoms with van der Waals surface area (Å²) < 4.78 is 0. The number of benzene rings is 9. The molecular weight excluding hydrogens is 715 g/mol. The Morgan fingerprint density at radius 1 is 0.271 bits per heavy atom. The van der Waals surface area contributed by atoms with Gasteiger partial charge in [0.25, 0.3) is 6.71 Å². The minimum atomic E-state index is 0.0307. The van der Waals surface area contributed by atoms with Gasteiger partial charge in [0.2, 0.25) is 0 Å². The Morgan fingerprint density at radius 3 is 1.20 bits per heavy atom. The number of fused-ring (bicyclic) bond motifs is 10. The fourth-order valence-electron chi connectivity index (χ4n) is 10.3. The first kappa shape index (κ1) is 32.3. The molecule has 59 heavy (non-hydrogen) atoms. The largest absolute Gasteiger partial charge is 0.311 e. The van der Waals surface area contributed by atoms with E-state index in [1.54, 1.807) is 0 Å². The molecule has 9 aromatic carbocycles. The third kappa shape index (κ3) is 4.44. The highest BCUT2D eigenvalue weighted by Gasteiger charge is 2.50. The maximum absolute atomic E-state index is 2.58. The normalized spacial score (nSPS) is 13.6. The fraction of sp³-hybridized carbons (Fsp3) is 0. The van der Waals surface area contributed by atoms with E-state index in [-0.39, 0.29) is 6.71 Å². The van der Waals surface area contributed by atoms with Crippen LogP contribution in [0.15, 0.2) is 212 Å². The average molecular weight is 751 g/mol. The summed E-state index contributed by atoms with van der Waals surface area (Å²) in [5.41, 5.74) is 22.7. The molecule has 274 valence electrons. The zero-order valence-corrected chi connectivity index (χ0v) is 32.1. The molecule has 0 saturated heterocycles. The van der Waals surface area contributed by atoms with Gasteiger partial charge >= 0.3 is 0 Å². The maximum atomic E-state index is 2.58. The van der Waals surface area contributed by atoms with Crippen LogP contribution in [0.5, 0.6) is 0 Å². The van der Waals surface area contributed by atoms with Crippen molar-refractivity contribution >= 4 is 91.3 Å². The number of rotatable bonds is 4. The Bertz CT molecular complexity index is 3070. The van der Waals surface area contributed by atoms with E-state index >= 15 is 0 Å². The van der Waals surface area contributed by atoms with E-state index in [9.17, 15) is 0 Å². The van der Waals surface area contributed by atoms with Crippen molar-refractivity contribution in [3.63, 3.8) is 0 Å². The van der Waals surface area contributed by atoms with Crippen LogP contribution in [-0.4, -0.2) is 6.71 Å². The van der Waals surface area contributed by atoms with E-state index in [1.165, 1.54) is 72.8 Å². The molecule has 0 aromatic heterocycles. The third-order valence-electron chi connectivity index (χ3n) is 12.6. The minimum absolute atomic E-state index is 0.0307. The smallest absolute Gasteiger partial charge is 0.252 e. The van der Waals surface area contributed by atoms with Gasteiger partial charge in [0, 0.05) is 33.9 Å². The summed E-state index contributed by atoms with van der Waals surface area (Å²) in [5, 5.41) is 0. The van der Waals surface area contributed by atoms with Crippen molar-refractivity contribution in [3.8, 4) is 22.3 Å². The van der Waals surface area contributed by atoms with Gasteiger partial charge in [0.05, 0.1) is 45.5 Å². The SMILES string of the molecule is c1ccc(-c2cccc(-c3ccccc3)c2N2c3ccccc3N3c4ccccc4N4c5ccccc5B5c6ccccc6N(c6ccccc6)c6cc2c3c4c65)cc1. The lowest BCUT2D eigenvalue weighted by atomic mass is 9.33. The Balaban J connectivity index is 1.23. The van der Waals surface area contributed by atoms with Crippen LogP contribution < -0.4 is 36.0 Å². The van der Waals surface area contributed by atoms with Gasteiger partial charge in [-0.1, -0.05) is 158 Å². The van der Waals surface area contributed by atoms with Crippen LogP contribution in [0, 0.1) is 0 Å². The number of anilines is 12. The molecule has 0 saturated carbocycles. The van der Waals surface area contributed by atoms with E-state index in [0.29, 0.717) is 0 Å². The first-order valence-corrected chi connectivity index (χ1v) is 20.4. The van der Waals surface area contributed by atoms with Crippen LogP contribution in [0.25, 0.3) is 22.3 Å². The molecule has 0 aliphatic carbocycles. The Morgan fingerprint density at radius 2 is 0.678 bits per heavy atom. The van der Waals surface area contributed by atoms with Gasteiger partial charge in [-0.3, -0.25) is 0 Å². The Hall–Kier alpha value is -7.76. The van der Waals surface area contributed by atoms with Gasteiger partial charge in [-0.15, -0.1) is 0 Å². The van der Waals surface area contributed by atoms with Gasteiger partial charge in [0.15, 0.2) is 0 Å². The zero-order chi connectivity index (χ0) is 38.6. The molecule has 4 aliphatic heterocycles. The highest BCUT2D eigenvalue weighted by molar-refractivity contribution is 7.00. The molecule has 0 amide bonds. The quantitative estimate of drug-likeness (QED) is 0.166. The van der Waals surface area contributed by atoms with Crippen molar-refractivity contribution in [2.24, 2.45) is 0 Å². The van der Waals surface area contributed by atoms with E-state index < -0.39 is 0 Å². The van der Waals surface area contributed by atoms with Crippen LogP contribution in [0.2, 0.25) is 0 Å². The molecule has 0 bridgehead atoms. The van der Waals surface area contributed by atoms with Crippen molar-refractivity contribution in [2.45, 2.75) is 0 Å². The number of para-hydroxylation sites is 8. The number of hydrogen-bond donors (Lipinski definition) is 0. The molecule has 0 atom stereocenters. The van der Waals surface area contributed by atoms with Gasteiger partial charge in [-0.25, -0.2) is 0 Å². The molecule has 0 fully saturated rings. The van der Waals surface area contributed by atoms with E-state index in [2.05, 4.69) is 232 Å². The molecule has 0 spiro atoms. The second-order valence-corrected chi connectivity index (χ2v) is 15.7. The monoisotopic (exact) mass is 750 g/mol. The summed E-state index contributed by atoms with van der Waals surface area (Å²) in [7, 11) is 0. The van der Waals surface area contributed by atoms with Crippen molar-refractivity contribution in [1.82, 2.24) is 0 Å². The fourth-order valence-corrected chi connectivity index (χ4v) is 10.3. The second kappa shape index (κ2) is 12.4. The first-order chi connectivity index (χ1) is 29.3. The summed E-state index contributed by atoms with van der Waals surface area (Å²) in [6, 6.07) is 78.0. The Labute approximate surface area is 344 Å². The van der Waals surface area contributed by atoms with Gasteiger partial charge in [-0.05, 0) is 82.1 Å². The van der Waals surface area contributed by atoms with Crippen molar-refractivity contribution in [1.29, 1.82) is 0 Å². The summed E-state index contributed by atoms with van der Waals surface area (Å²) in [6.07, 6.45) is 0.